The smallest absolute Gasteiger partial charge is 0.324 e. The highest BCUT2D eigenvalue weighted by Crippen LogP contribution is 2.47. The van der Waals surface area contributed by atoms with Gasteiger partial charge in [-0.3, -0.25) is 9.69 Å². The Morgan fingerprint density at radius 3 is 2.07 bits per heavy atom. The third-order valence-electron chi connectivity index (χ3n) is 3.39. The van der Waals surface area contributed by atoms with Crippen LogP contribution in [0.25, 0.3) is 0 Å². The van der Waals surface area contributed by atoms with Crippen LogP contribution in [0.1, 0.15) is 25.7 Å². The van der Waals surface area contributed by atoms with Crippen LogP contribution in [0.4, 0.5) is 4.79 Å². The van der Waals surface area contributed by atoms with Crippen LogP contribution in [0.15, 0.2) is 0 Å². The highest BCUT2D eigenvalue weighted by atomic mass is 16.2. The van der Waals surface area contributed by atoms with E-state index < -0.39 is 0 Å². The second-order valence-electron chi connectivity index (χ2n) is 4.59. The molecule has 0 aromatic heterocycles. The quantitative estimate of drug-likeness (QED) is 0.673. The van der Waals surface area contributed by atoms with Crippen LogP contribution in [0, 0.1) is 11.8 Å². The zero-order chi connectivity index (χ0) is 9.71. The number of hydrogen-bond acceptors (Lipinski definition) is 2. The number of imide groups is 1. The molecule has 0 aromatic carbocycles. The van der Waals surface area contributed by atoms with Gasteiger partial charge >= 0.3 is 6.03 Å². The van der Waals surface area contributed by atoms with Gasteiger partial charge in [0.2, 0.25) is 5.91 Å². The minimum atomic E-state index is -0.168. The predicted octanol–water partition coefficient (Wildman–Crippen LogP) is 0.727. The van der Waals surface area contributed by atoms with Crippen molar-refractivity contribution in [2.24, 2.45) is 11.8 Å². The van der Waals surface area contributed by atoms with Gasteiger partial charge in [0.1, 0.15) is 0 Å². The van der Waals surface area contributed by atoms with Gasteiger partial charge in [-0.25, -0.2) is 4.79 Å². The van der Waals surface area contributed by atoms with Gasteiger partial charge in [-0.1, -0.05) is 0 Å². The van der Waals surface area contributed by atoms with Gasteiger partial charge in [0, 0.05) is 6.04 Å². The fourth-order valence-electron chi connectivity index (χ4n) is 2.42. The van der Waals surface area contributed by atoms with Crippen molar-refractivity contribution in [1.29, 1.82) is 0 Å². The molecule has 76 valence electrons. The molecule has 14 heavy (non-hydrogen) atoms. The van der Waals surface area contributed by atoms with Crippen LogP contribution in [-0.4, -0.2) is 29.4 Å². The molecule has 2 saturated carbocycles. The van der Waals surface area contributed by atoms with E-state index in [0.717, 1.165) is 0 Å². The summed E-state index contributed by atoms with van der Waals surface area (Å²) in [5.74, 6) is 1.18. The van der Waals surface area contributed by atoms with E-state index in [9.17, 15) is 9.59 Å². The summed E-state index contributed by atoms with van der Waals surface area (Å²) in [7, 11) is 0. The van der Waals surface area contributed by atoms with Crippen LogP contribution in [0.2, 0.25) is 0 Å². The molecule has 1 heterocycles. The molecule has 1 saturated heterocycles. The molecule has 4 heteroatoms. The Morgan fingerprint density at radius 2 is 1.71 bits per heavy atom. The summed E-state index contributed by atoms with van der Waals surface area (Å²) >= 11 is 0. The van der Waals surface area contributed by atoms with Crippen molar-refractivity contribution in [1.82, 2.24) is 10.2 Å². The molecule has 0 bridgehead atoms. The van der Waals surface area contributed by atoms with Crippen molar-refractivity contribution in [2.75, 3.05) is 6.54 Å². The number of carbonyl (C=O) groups excluding carboxylic acids is 2. The van der Waals surface area contributed by atoms with E-state index in [2.05, 4.69) is 5.32 Å². The summed E-state index contributed by atoms with van der Waals surface area (Å²) in [6.07, 6.45) is 4.77. The summed E-state index contributed by atoms with van der Waals surface area (Å²) in [5.41, 5.74) is 0. The SMILES string of the molecule is O=C1CNC(=O)N1C(C1CC1)C1CC1. The number of amides is 3. The number of rotatable bonds is 3. The zero-order valence-electron chi connectivity index (χ0n) is 8.03. The highest BCUT2D eigenvalue weighted by Gasteiger charge is 2.49. The minimum Gasteiger partial charge on any atom is -0.329 e. The van der Waals surface area contributed by atoms with E-state index >= 15 is 0 Å². The second-order valence-corrected chi connectivity index (χ2v) is 4.59. The van der Waals surface area contributed by atoms with Crippen molar-refractivity contribution in [3.63, 3.8) is 0 Å². The first-order chi connectivity index (χ1) is 6.77. The summed E-state index contributed by atoms with van der Waals surface area (Å²) in [4.78, 5) is 24.5. The van der Waals surface area contributed by atoms with Crippen molar-refractivity contribution >= 4 is 11.9 Å². The Bertz CT molecular complexity index is 266. The maximum Gasteiger partial charge on any atom is 0.324 e. The lowest BCUT2D eigenvalue weighted by molar-refractivity contribution is -0.127. The normalized spacial score (nSPS) is 27.4. The standard InChI is InChI=1S/C10H14N2O2/c13-8-5-11-10(14)12(8)9(6-1-2-6)7-3-4-7/h6-7,9H,1-5H2,(H,11,14). The Balaban J connectivity index is 1.82. The molecule has 0 atom stereocenters. The van der Waals surface area contributed by atoms with Crippen LogP contribution < -0.4 is 5.32 Å². The van der Waals surface area contributed by atoms with Gasteiger partial charge in [-0.05, 0) is 37.5 Å². The van der Waals surface area contributed by atoms with Crippen LogP contribution in [0.3, 0.4) is 0 Å². The first-order valence-corrected chi connectivity index (χ1v) is 5.37. The molecule has 4 nitrogen and oxygen atoms in total. The number of nitrogens with zero attached hydrogens (tertiary/aromatic N) is 1. The monoisotopic (exact) mass is 194 g/mol. The second kappa shape index (κ2) is 2.72. The van der Waals surface area contributed by atoms with Crippen LogP contribution in [0.5, 0.6) is 0 Å². The molecule has 3 amide bonds. The molecule has 0 unspecified atom stereocenters. The number of carbonyl (C=O) groups is 2. The highest BCUT2D eigenvalue weighted by molar-refractivity contribution is 6.02. The average Bonchev–Trinajstić information content (AvgIpc) is 2.99. The average molecular weight is 194 g/mol. The lowest BCUT2D eigenvalue weighted by Crippen LogP contribution is -2.43. The zero-order valence-corrected chi connectivity index (χ0v) is 8.03. The molecule has 1 N–H and O–H groups in total. The molecule has 3 fully saturated rings. The Hall–Kier alpha value is -1.06. The van der Waals surface area contributed by atoms with Crippen molar-refractivity contribution in [3.8, 4) is 0 Å². The maximum atomic E-state index is 11.5. The molecular formula is C10H14N2O2. The van der Waals surface area contributed by atoms with Gasteiger partial charge < -0.3 is 5.32 Å². The summed E-state index contributed by atoms with van der Waals surface area (Å²) in [6, 6.07) is 0.0591. The van der Waals surface area contributed by atoms with Gasteiger partial charge in [0.25, 0.3) is 0 Å². The molecule has 0 radical (unpaired) electrons. The summed E-state index contributed by atoms with van der Waals surface area (Å²) in [6.45, 7) is 0.203. The Kier molecular flexibility index (Phi) is 1.60. The van der Waals surface area contributed by atoms with Gasteiger partial charge in [-0.15, -0.1) is 0 Å². The number of hydrogen-bond donors (Lipinski definition) is 1. The van der Waals surface area contributed by atoms with E-state index in [-0.39, 0.29) is 24.5 Å². The number of urea groups is 1. The summed E-state index contributed by atoms with van der Waals surface area (Å²) in [5, 5.41) is 2.60. The van der Waals surface area contributed by atoms with Crippen LogP contribution in [-0.2, 0) is 4.79 Å². The summed E-state index contributed by atoms with van der Waals surface area (Å²) < 4.78 is 0. The van der Waals surface area contributed by atoms with E-state index in [0.29, 0.717) is 11.8 Å². The Labute approximate surface area is 82.6 Å². The topological polar surface area (TPSA) is 49.4 Å². The Morgan fingerprint density at radius 1 is 1.14 bits per heavy atom. The maximum absolute atomic E-state index is 11.5. The van der Waals surface area contributed by atoms with Crippen LogP contribution >= 0.6 is 0 Å². The number of nitrogens with one attached hydrogen (secondary N) is 1. The molecule has 1 aliphatic heterocycles. The lowest BCUT2D eigenvalue weighted by Gasteiger charge is -2.24. The molecule has 2 aliphatic carbocycles. The van der Waals surface area contributed by atoms with E-state index in [1.807, 2.05) is 0 Å². The molecule has 3 aliphatic rings. The van der Waals surface area contributed by atoms with Crippen molar-refractivity contribution in [2.45, 2.75) is 31.7 Å². The van der Waals surface area contributed by atoms with E-state index in [1.54, 1.807) is 0 Å². The van der Waals surface area contributed by atoms with Gasteiger partial charge in [0.05, 0.1) is 6.54 Å². The van der Waals surface area contributed by atoms with Gasteiger partial charge in [0.15, 0.2) is 0 Å². The van der Waals surface area contributed by atoms with Crippen molar-refractivity contribution < 1.29 is 9.59 Å². The first kappa shape index (κ1) is 8.26. The van der Waals surface area contributed by atoms with Gasteiger partial charge in [-0.2, -0.15) is 0 Å². The largest absolute Gasteiger partial charge is 0.329 e. The fraction of sp³-hybridized carbons (Fsp3) is 0.800. The van der Waals surface area contributed by atoms with E-state index in [4.69, 9.17) is 0 Å². The molecule has 3 rings (SSSR count). The molecular weight excluding hydrogens is 180 g/mol. The molecule has 0 spiro atoms. The van der Waals surface area contributed by atoms with E-state index in [1.165, 1.54) is 30.6 Å². The predicted molar refractivity (Wildman–Crippen MR) is 49.5 cm³/mol. The third-order valence-corrected chi connectivity index (χ3v) is 3.39. The first-order valence-electron chi connectivity index (χ1n) is 5.37. The lowest BCUT2D eigenvalue weighted by atomic mass is 10.1. The van der Waals surface area contributed by atoms with Crippen molar-refractivity contribution in [3.05, 3.63) is 0 Å². The fourth-order valence-corrected chi connectivity index (χ4v) is 2.42. The minimum absolute atomic E-state index is 0.0289. The third kappa shape index (κ3) is 1.21. The molecule has 0 aromatic rings.